The van der Waals surface area contributed by atoms with Crippen molar-refractivity contribution in [1.29, 1.82) is 0 Å². The van der Waals surface area contributed by atoms with Crippen LogP contribution in [0, 0.1) is 0 Å². The molecule has 0 bridgehead atoms. The van der Waals surface area contributed by atoms with E-state index in [2.05, 4.69) is 40.3 Å². The Kier molecular flexibility index (Phi) is 3.07. The van der Waals surface area contributed by atoms with Gasteiger partial charge in [0.15, 0.2) is 0 Å². The Morgan fingerprint density at radius 3 is 2.29 bits per heavy atom. The summed E-state index contributed by atoms with van der Waals surface area (Å²) >= 11 is 0. The average molecular weight is 353 g/mol. The van der Waals surface area contributed by atoms with Crippen molar-refractivity contribution in [2.75, 3.05) is 0 Å². The Morgan fingerprint density at radius 1 is 0.714 bits per heavy atom. The molecule has 0 aliphatic carbocycles. The van der Waals surface area contributed by atoms with Crippen molar-refractivity contribution in [1.82, 2.24) is 15.0 Å². The van der Waals surface area contributed by atoms with E-state index in [1.54, 1.807) is 0 Å². The van der Waals surface area contributed by atoms with E-state index in [0.29, 0.717) is 0 Å². The molecule has 4 radical (unpaired) electrons. The quantitative estimate of drug-likeness (QED) is 0.344. The zero-order valence-corrected chi connectivity index (χ0v) is 15.0. The van der Waals surface area contributed by atoms with Gasteiger partial charge >= 0.3 is 0 Å². The Bertz CT molecular complexity index is 1540. The van der Waals surface area contributed by atoms with Crippen molar-refractivity contribution in [3.63, 3.8) is 0 Å². The van der Waals surface area contributed by atoms with Crippen molar-refractivity contribution in [3.8, 4) is 11.4 Å². The fourth-order valence-electron chi connectivity index (χ4n) is 4.15. The monoisotopic (exact) mass is 353 g/mol. The van der Waals surface area contributed by atoms with Crippen LogP contribution in [0.15, 0.2) is 66.9 Å². The van der Waals surface area contributed by atoms with Crippen LogP contribution >= 0.6 is 0 Å². The van der Waals surface area contributed by atoms with E-state index < -0.39 is 0 Å². The minimum Gasteiger partial charge on any atom is -0.360 e. The fraction of sp³-hybridized carbons (Fsp3) is 0. The molecule has 0 saturated carbocycles. The third kappa shape index (κ3) is 2.10. The van der Waals surface area contributed by atoms with Crippen molar-refractivity contribution < 1.29 is 0 Å². The van der Waals surface area contributed by atoms with Crippen molar-refractivity contribution in [3.05, 3.63) is 66.9 Å². The SMILES string of the molecule is [B]c1ccc2[nH]cc(-c3nc4c5cc([B])ccc5c5ccccc5c4[nH]3)c2c1. The molecule has 3 nitrogen and oxygen atoms in total. The highest BCUT2D eigenvalue weighted by Gasteiger charge is 2.15. The van der Waals surface area contributed by atoms with Gasteiger partial charge in [-0.05, 0) is 16.8 Å². The molecule has 6 aromatic rings. The van der Waals surface area contributed by atoms with Crippen LogP contribution in [0.3, 0.4) is 0 Å². The molecule has 6 rings (SSSR count). The minimum atomic E-state index is 0.730. The van der Waals surface area contributed by atoms with Gasteiger partial charge in [0, 0.05) is 33.4 Å². The summed E-state index contributed by atoms with van der Waals surface area (Å²) in [5.41, 5.74) is 5.43. The lowest BCUT2D eigenvalue weighted by Gasteiger charge is -2.06. The lowest BCUT2D eigenvalue weighted by atomic mass is 9.91. The molecule has 28 heavy (non-hydrogen) atoms. The third-order valence-corrected chi connectivity index (χ3v) is 5.45. The second kappa shape index (κ2) is 5.52. The zero-order chi connectivity index (χ0) is 18.8. The van der Waals surface area contributed by atoms with Gasteiger partial charge in [-0.1, -0.05) is 65.5 Å². The lowest BCUT2D eigenvalue weighted by Crippen LogP contribution is -2.00. The molecule has 0 saturated heterocycles. The minimum absolute atomic E-state index is 0.730. The Balaban J connectivity index is 1.77. The smallest absolute Gasteiger partial charge is 0.140 e. The normalized spacial score (nSPS) is 11.9. The molecule has 0 amide bonds. The first-order chi connectivity index (χ1) is 13.7. The summed E-state index contributed by atoms with van der Waals surface area (Å²) in [4.78, 5) is 11.8. The molecule has 0 fully saturated rings. The van der Waals surface area contributed by atoms with E-state index in [1.807, 2.05) is 36.5 Å². The largest absolute Gasteiger partial charge is 0.360 e. The number of nitrogens with one attached hydrogen (secondary N) is 2. The maximum Gasteiger partial charge on any atom is 0.140 e. The van der Waals surface area contributed by atoms with Crippen LogP contribution < -0.4 is 10.9 Å². The van der Waals surface area contributed by atoms with Gasteiger partial charge in [-0.2, -0.15) is 0 Å². The molecule has 126 valence electrons. The molecule has 2 aromatic heterocycles. The van der Waals surface area contributed by atoms with E-state index in [-0.39, 0.29) is 0 Å². The van der Waals surface area contributed by atoms with Crippen molar-refractivity contribution in [2.45, 2.75) is 0 Å². The highest BCUT2D eigenvalue weighted by molar-refractivity contribution is 6.35. The number of imidazole rings is 1. The van der Waals surface area contributed by atoms with Crippen LogP contribution in [0.2, 0.25) is 0 Å². The Morgan fingerprint density at radius 2 is 1.43 bits per heavy atom. The number of hydrogen-bond acceptors (Lipinski definition) is 1. The lowest BCUT2D eigenvalue weighted by molar-refractivity contribution is 1.34. The molecule has 0 atom stereocenters. The topological polar surface area (TPSA) is 44.5 Å². The maximum atomic E-state index is 6.09. The summed E-state index contributed by atoms with van der Waals surface area (Å²) in [5.74, 6) is 0.812. The number of H-pyrrole nitrogens is 2. The highest BCUT2D eigenvalue weighted by Crippen LogP contribution is 2.36. The highest BCUT2D eigenvalue weighted by atomic mass is 14.9. The summed E-state index contributed by atoms with van der Waals surface area (Å²) in [7, 11) is 12.1. The second-order valence-corrected chi connectivity index (χ2v) is 7.17. The van der Waals surface area contributed by atoms with Crippen molar-refractivity contribution >= 4 is 70.1 Å². The zero-order valence-electron chi connectivity index (χ0n) is 15.0. The summed E-state index contributed by atoms with van der Waals surface area (Å²) in [6.07, 6.45) is 1.97. The number of benzene rings is 4. The number of aromatic nitrogens is 3. The molecule has 0 aliphatic heterocycles. The summed E-state index contributed by atoms with van der Waals surface area (Å²) < 4.78 is 0. The molecule has 2 heterocycles. The first-order valence-electron chi connectivity index (χ1n) is 9.16. The van der Waals surface area contributed by atoms with E-state index in [9.17, 15) is 0 Å². The third-order valence-electron chi connectivity index (χ3n) is 5.45. The maximum absolute atomic E-state index is 6.09. The molecule has 0 spiro atoms. The Labute approximate surface area is 163 Å². The average Bonchev–Trinajstić information content (AvgIpc) is 3.32. The van der Waals surface area contributed by atoms with Gasteiger partial charge in [-0.15, -0.1) is 0 Å². The van der Waals surface area contributed by atoms with Crippen molar-refractivity contribution in [2.24, 2.45) is 0 Å². The number of hydrogen-bond donors (Lipinski definition) is 2. The van der Waals surface area contributed by atoms with Crippen LogP contribution in [0.4, 0.5) is 0 Å². The van der Waals surface area contributed by atoms with Gasteiger partial charge in [-0.25, -0.2) is 4.98 Å². The van der Waals surface area contributed by atoms with Crippen LogP contribution in [-0.2, 0) is 0 Å². The molecule has 4 aromatic carbocycles. The van der Waals surface area contributed by atoms with Crippen LogP contribution in [-0.4, -0.2) is 30.6 Å². The van der Waals surface area contributed by atoms with Crippen LogP contribution in [0.25, 0.3) is 54.9 Å². The standard InChI is InChI=1S/C23H13B2N3/c24-12-5-7-15-14-3-1-2-4-16(14)21-22(18(15)10-12)28-23(27-21)19-11-26-20-8-6-13(25)9-17(19)20/h1-11,26H,(H,27,28). The van der Waals surface area contributed by atoms with E-state index in [1.165, 1.54) is 5.39 Å². The Hall–Kier alpha value is -3.46. The molecule has 2 N–H and O–H groups in total. The summed E-state index contributed by atoms with van der Waals surface area (Å²) in [6, 6.07) is 20.3. The molecule has 5 heteroatoms. The van der Waals surface area contributed by atoms with Crippen LogP contribution in [0.5, 0.6) is 0 Å². The molecule has 0 unspecified atom stereocenters. The summed E-state index contributed by atoms with van der Waals surface area (Å²) in [5, 5.41) is 5.58. The second-order valence-electron chi connectivity index (χ2n) is 7.17. The molecule has 0 aliphatic rings. The number of nitrogens with zero attached hydrogens (tertiary/aromatic N) is 1. The summed E-state index contributed by atoms with van der Waals surface area (Å²) in [6.45, 7) is 0. The molecular formula is C23H13B2N3. The van der Waals surface area contributed by atoms with Crippen LogP contribution in [0.1, 0.15) is 0 Å². The van der Waals surface area contributed by atoms with Gasteiger partial charge in [0.05, 0.1) is 11.0 Å². The predicted molar refractivity (Wildman–Crippen MR) is 119 cm³/mol. The number of aromatic amines is 2. The van der Waals surface area contributed by atoms with E-state index in [0.717, 1.165) is 60.4 Å². The first-order valence-corrected chi connectivity index (χ1v) is 9.16. The fourth-order valence-corrected chi connectivity index (χ4v) is 4.15. The van der Waals surface area contributed by atoms with Gasteiger partial charge in [0.2, 0.25) is 0 Å². The van der Waals surface area contributed by atoms with Gasteiger partial charge in [-0.3, -0.25) is 0 Å². The van der Waals surface area contributed by atoms with E-state index >= 15 is 0 Å². The number of rotatable bonds is 1. The van der Waals surface area contributed by atoms with Gasteiger partial charge < -0.3 is 9.97 Å². The van der Waals surface area contributed by atoms with Gasteiger partial charge in [0.1, 0.15) is 21.5 Å². The number of fused-ring (bicyclic) bond motifs is 7. The molecular weight excluding hydrogens is 340 g/mol. The van der Waals surface area contributed by atoms with E-state index in [4.69, 9.17) is 20.7 Å². The predicted octanol–water partition coefficient (Wildman–Crippen LogP) is 3.61. The first kappa shape index (κ1) is 15.6. The van der Waals surface area contributed by atoms with Gasteiger partial charge in [0.25, 0.3) is 0 Å².